The number of carbonyl (C=O) groups excluding carboxylic acids is 2. The van der Waals surface area contributed by atoms with Crippen molar-refractivity contribution in [3.63, 3.8) is 0 Å². The topological polar surface area (TPSA) is 118 Å². The number of aliphatic carboxylic acids is 1. The molecule has 2 N–H and O–H groups in total. The van der Waals surface area contributed by atoms with Crippen LogP contribution in [-0.2, 0) is 19.1 Å². The fourth-order valence-corrected chi connectivity index (χ4v) is 2.87. The Labute approximate surface area is 129 Å². The fraction of sp³-hybridized carbons (Fsp3) is 0.125. The van der Waals surface area contributed by atoms with Crippen molar-refractivity contribution in [3.05, 3.63) is 53.6 Å². The summed E-state index contributed by atoms with van der Waals surface area (Å²) in [6.07, 6.45) is 4.09. The molecular weight excluding hydrogens is 304 g/mol. The first-order chi connectivity index (χ1) is 10.9. The highest BCUT2D eigenvalue weighted by molar-refractivity contribution is 6.25. The smallest absolute Gasteiger partial charge is 0.337 e. The van der Waals surface area contributed by atoms with Gasteiger partial charge in [-0.2, -0.15) is 0 Å². The van der Waals surface area contributed by atoms with E-state index in [0.29, 0.717) is 0 Å². The standard InChI is InChI=1S/C16H10O7/c17-12(18)9-4-1-3-8(7-9)10-5-2-6-11(13(19)20)16(10)14(21)23-15(16)22/h1-7,11H,(H,17,18)(H,19,20). The van der Waals surface area contributed by atoms with Crippen molar-refractivity contribution >= 4 is 29.5 Å². The zero-order valence-corrected chi connectivity index (χ0v) is 11.6. The van der Waals surface area contributed by atoms with Crippen LogP contribution in [0.4, 0.5) is 0 Å². The van der Waals surface area contributed by atoms with Gasteiger partial charge < -0.3 is 14.9 Å². The van der Waals surface area contributed by atoms with Crippen molar-refractivity contribution in [1.29, 1.82) is 0 Å². The summed E-state index contributed by atoms with van der Waals surface area (Å²) in [7, 11) is 0. The average molecular weight is 314 g/mol. The van der Waals surface area contributed by atoms with Crippen LogP contribution in [0.3, 0.4) is 0 Å². The summed E-state index contributed by atoms with van der Waals surface area (Å²) in [5.74, 6) is -5.82. The second kappa shape index (κ2) is 4.91. The summed E-state index contributed by atoms with van der Waals surface area (Å²) in [5.41, 5.74) is -1.60. The van der Waals surface area contributed by atoms with E-state index in [2.05, 4.69) is 4.74 Å². The molecule has 1 unspecified atom stereocenters. The summed E-state index contributed by atoms with van der Waals surface area (Å²) in [6, 6.07) is 5.60. The Kier molecular flexibility index (Phi) is 3.14. The van der Waals surface area contributed by atoms with Gasteiger partial charge in [0.25, 0.3) is 0 Å². The summed E-state index contributed by atoms with van der Waals surface area (Å²) < 4.78 is 4.41. The van der Waals surface area contributed by atoms with Gasteiger partial charge in [0.1, 0.15) is 5.92 Å². The lowest BCUT2D eigenvalue weighted by molar-refractivity contribution is -0.196. The Morgan fingerprint density at radius 3 is 2.39 bits per heavy atom. The Balaban J connectivity index is 2.19. The normalized spacial score (nSPS) is 21.4. The third kappa shape index (κ3) is 1.90. The lowest BCUT2D eigenvalue weighted by Gasteiger charge is -2.42. The first kappa shape index (κ1) is 14.7. The number of hydrogen-bond donors (Lipinski definition) is 2. The van der Waals surface area contributed by atoms with Crippen LogP contribution < -0.4 is 0 Å². The Hall–Kier alpha value is -3.22. The number of hydrogen-bond acceptors (Lipinski definition) is 5. The van der Waals surface area contributed by atoms with E-state index in [9.17, 15) is 24.3 Å². The maximum absolute atomic E-state index is 12.0. The Morgan fingerprint density at radius 1 is 1.13 bits per heavy atom. The number of aromatic carboxylic acids is 1. The van der Waals surface area contributed by atoms with Gasteiger partial charge in [0.05, 0.1) is 5.56 Å². The molecule has 1 fully saturated rings. The number of benzene rings is 1. The van der Waals surface area contributed by atoms with Gasteiger partial charge >= 0.3 is 23.9 Å². The second-order valence-corrected chi connectivity index (χ2v) is 5.15. The van der Waals surface area contributed by atoms with Crippen LogP contribution in [0.25, 0.3) is 5.57 Å². The van der Waals surface area contributed by atoms with Crippen molar-refractivity contribution in [2.75, 3.05) is 0 Å². The number of carboxylic acid groups (broad SMARTS) is 2. The average Bonchev–Trinajstić information content (AvgIpc) is 2.54. The number of cyclic esters (lactones) is 2. The molecule has 1 aliphatic heterocycles. The molecule has 1 aliphatic carbocycles. The van der Waals surface area contributed by atoms with E-state index in [1.807, 2.05) is 0 Å². The van der Waals surface area contributed by atoms with Crippen molar-refractivity contribution in [1.82, 2.24) is 0 Å². The summed E-state index contributed by atoms with van der Waals surface area (Å²) in [5, 5.41) is 18.4. The van der Waals surface area contributed by atoms with Crippen LogP contribution in [0.5, 0.6) is 0 Å². The third-order valence-corrected chi connectivity index (χ3v) is 3.97. The van der Waals surface area contributed by atoms with E-state index in [0.717, 1.165) is 0 Å². The van der Waals surface area contributed by atoms with Gasteiger partial charge in [-0.3, -0.25) is 4.79 Å². The number of ether oxygens (including phenoxy) is 1. The molecule has 3 rings (SSSR count). The molecule has 23 heavy (non-hydrogen) atoms. The summed E-state index contributed by atoms with van der Waals surface area (Å²) in [4.78, 5) is 46.6. The highest BCUT2D eigenvalue weighted by Crippen LogP contribution is 2.52. The van der Waals surface area contributed by atoms with E-state index in [-0.39, 0.29) is 16.7 Å². The van der Waals surface area contributed by atoms with Crippen LogP contribution >= 0.6 is 0 Å². The molecule has 1 aromatic rings. The second-order valence-electron chi connectivity index (χ2n) is 5.15. The van der Waals surface area contributed by atoms with Crippen molar-refractivity contribution < 1.29 is 34.1 Å². The largest absolute Gasteiger partial charge is 0.481 e. The number of rotatable bonds is 3. The van der Waals surface area contributed by atoms with E-state index in [1.165, 1.54) is 42.5 Å². The lowest BCUT2D eigenvalue weighted by atomic mass is 9.63. The minimum atomic E-state index is -1.96. The van der Waals surface area contributed by atoms with Gasteiger partial charge in [-0.25, -0.2) is 14.4 Å². The van der Waals surface area contributed by atoms with Gasteiger partial charge in [-0.15, -0.1) is 0 Å². The minimum absolute atomic E-state index is 0.0416. The molecule has 1 saturated heterocycles. The SMILES string of the molecule is O=C(O)c1cccc(C2=CC=CC(C(=O)O)C23C(=O)OC3=O)c1. The monoisotopic (exact) mass is 314 g/mol. The Morgan fingerprint density at radius 2 is 1.83 bits per heavy atom. The molecule has 7 heteroatoms. The molecule has 1 spiro atoms. The number of carbonyl (C=O) groups is 4. The molecule has 1 aromatic carbocycles. The van der Waals surface area contributed by atoms with Crippen molar-refractivity contribution in [3.8, 4) is 0 Å². The molecule has 2 aliphatic rings. The quantitative estimate of drug-likeness (QED) is 0.633. The molecule has 116 valence electrons. The predicted molar refractivity (Wildman–Crippen MR) is 75.2 cm³/mol. The van der Waals surface area contributed by atoms with E-state index < -0.39 is 35.2 Å². The number of carboxylic acids is 2. The van der Waals surface area contributed by atoms with Crippen LogP contribution in [0.15, 0.2) is 42.5 Å². The van der Waals surface area contributed by atoms with E-state index in [1.54, 1.807) is 0 Å². The van der Waals surface area contributed by atoms with Gasteiger partial charge in [0, 0.05) is 0 Å². The fourth-order valence-electron chi connectivity index (χ4n) is 2.87. The molecule has 0 saturated carbocycles. The Bertz CT molecular complexity index is 801. The van der Waals surface area contributed by atoms with Gasteiger partial charge in [0.2, 0.25) is 5.41 Å². The van der Waals surface area contributed by atoms with E-state index >= 15 is 0 Å². The molecule has 0 bridgehead atoms. The van der Waals surface area contributed by atoms with Crippen LogP contribution in [-0.4, -0.2) is 34.1 Å². The van der Waals surface area contributed by atoms with Gasteiger partial charge in [-0.05, 0) is 23.3 Å². The van der Waals surface area contributed by atoms with Gasteiger partial charge in [-0.1, -0.05) is 30.4 Å². The first-order valence-electron chi connectivity index (χ1n) is 6.61. The molecule has 0 amide bonds. The van der Waals surface area contributed by atoms with Crippen LogP contribution in [0.1, 0.15) is 15.9 Å². The van der Waals surface area contributed by atoms with Crippen molar-refractivity contribution in [2.45, 2.75) is 0 Å². The summed E-state index contributed by atoms with van der Waals surface area (Å²) in [6.45, 7) is 0. The minimum Gasteiger partial charge on any atom is -0.481 e. The molecule has 1 heterocycles. The van der Waals surface area contributed by atoms with Crippen LogP contribution in [0.2, 0.25) is 0 Å². The summed E-state index contributed by atoms with van der Waals surface area (Å²) >= 11 is 0. The van der Waals surface area contributed by atoms with Crippen molar-refractivity contribution in [2.24, 2.45) is 11.3 Å². The highest BCUT2D eigenvalue weighted by atomic mass is 16.6. The van der Waals surface area contributed by atoms with Crippen LogP contribution in [0, 0.1) is 11.3 Å². The van der Waals surface area contributed by atoms with Gasteiger partial charge in [0.15, 0.2) is 0 Å². The number of allylic oxidation sites excluding steroid dienone is 2. The molecule has 0 aromatic heterocycles. The maximum atomic E-state index is 12.0. The molecule has 0 radical (unpaired) electrons. The molecular formula is C16H10O7. The lowest BCUT2D eigenvalue weighted by Crippen LogP contribution is -2.60. The zero-order valence-electron chi connectivity index (χ0n) is 11.6. The molecule has 7 nitrogen and oxygen atoms in total. The molecule has 1 atom stereocenters. The highest BCUT2D eigenvalue weighted by Gasteiger charge is 2.68. The zero-order chi connectivity index (χ0) is 16.8. The maximum Gasteiger partial charge on any atom is 0.337 e. The first-order valence-corrected chi connectivity index (χ1v) is 6.61. The predicted octanol–water partition coefficient (Wildman–Crippen LogP) is 1.11. The third-order valence-electron chi connectivity index (χ3n) is 3.97. The van der Waals surface area contributed by atoms with E-state index in [4.69, 9.17) is 5.11 Å². The number of esters is 2.